The molecule has 0 saturated heterocycles. The van der Waals surface area contributed by atoms with Gasteiger partial charge in [-0.15, -0.1) is 0 Å². The lowest BCUT2D eigenvalue weighted by Gasteiger charge is -2.17. The zero-order valence-electron chi connectivity index (χ0n) is 26.3. The van der Waals surface area contributed by atoms with Crippen molar-refractivity contribution in [3.8, 4) is 33.8 Å². The number of hydrogen-bond acceptors (Lipinski definition) is 4. The summed E-state index contributed by atoms with van der Waals surface area (Å²) in [4.78, 5) is 28.8. The predicted molar refractivity (Wildman–Crippen MR) is 171 cm³/mol. The maximum atomic E-state index is 12.6. The third-order valence-electron chi connectivity index (χ3n) is 7.90. The molecule has 2 aromatic carbocycles. The summed E-state index contributed by atoms with van der Waals surface area (Å²) in [5.74, 6) is 1.89. The molecule has 0 saturated carbocycles. The van der Waals surface area contributed by atoms with Gasteiger partial charge in [-0.3, -0.25) is 9.59 Å². The van der Waals surface area contributed by atoms with Crippen molar-refractivity contribution in [2.45, 2.75) is 38.8 Å². The fraction of sp³-hybridized carbons (Fsp3) is 0.333. The lowest BCUT2D eigenvalue weighted by atomic mass is 10.1. The normalized spacial score (nSPS) is 10.7. The van der Waals surface area contributed by atoms with Gasteiger partial charge in [0.15, 0.2) is 37.9 Å². The standard InChI is InChI=1S/C36H44N4O4/c1-37(25-27-39-21-17-31(18-22-39)29-9-13-33(43-3)14-10-29)35(41)7-5-6-8-36(42)38(2)26-28-40-23-19-32(20-24-40)30-11-15-34(44-4)16-12-30/h9-24H,5-8,25-28H2,1-4H3/q+2. The quantitative estimate of drug-likeness (QED) is 0.146. The Kier molecular flexibility index (Phi) is 11.9. The average Bonchev–Trinajstić information content (AvgIpc) is 3.08. The Bertz CT molecular complexity index is 1360. The lowest BCUT2D eigenvalue weighted by molar-refractivity contribution is -0.696. The number of unbranched alkanes of at least 4 members (excludes halogenated alkanes) is 1. The summed E-state index contributed by atoms with van der Waals surface area (Å²) < 4.78 is 14.6. The van der Waals surface area contributed by atoms with Gasteiger partial charge in [0.1, 0.15) is 11.5 Å². The van der Waals surface area contributed by atoms with Gasteiger partial charge in [-0.05, 0) is 59.4 Å². The molecule has 0 aliphatic heterocycles. The summed E-state index contributed by atoms with van der Waals surface area (Å²) in [6.07, 6.45) is 10.5. The number of ether oxygens (including phenoxy) is 2. The summed E-state index contributed by atoms with van der Waals surface area (Å²) in [6.45, 7) is 2.70. The van der Waals surface area contributed by atoms with Crippen LogP contribution in [0.1, 0.15) is 25.7 Å². The zero-order valence-corrected chi connectivity index (χ0v) is 26.3. The SMILES string of the molecule is COc1ccc(-c2cc[n+](CCN(C)C(=O)CCCCC(=O)N(C)CC[n+]3ccc(-c4ccc(OC)cc4)cc3)cc2)cc1. The van der Waals surface area contributed by atoms with Crippen LogP contribution in [0.2, 0.25) is 0 Å². The average molecular weight is 597 g/mol. The third kappa shape index (κ3) is 9.39. The van der Waals surface area contributed by atoms with E-state index in [1.54, 1.807) is 24.0 Å². The number of methoxy groups -OCH3 is 2. The van der Waals surface area contributed by atoms with Crippen LogP contribution in [0.25, 0.3) is 22.3 Å². The zero-order chi connectivity index (χ0) is 31.3. The molecule has 44 heavy (non-hydrogen) atoms. The maximum Gasteiger partial charge on any atom is 0.222 e. The van der Waals surface area contributed by atoms with Gasteiger partial charge in [0.05, 0.1) is 27.3 Å². The molecule has 0 radical (unpaired) electrons. The van der Waals surface area contributed by atoms with E-state index in [9.17, 15) is 9.59 Å². The van der Waals surface area contributed by atoms with Crippen LogP contribution in [0, 0.1) is 0 Å². The number of likely N-dealkylation sites (N-methyl/N-ethyl adjacent to an activating group) is 2. The number of nitrogens with zero attached hydrogens (tertiary/aromatic N) is 4. The van der Waals surface area contributed by atoms with Gasteiger partial charge in [-0.25, -0.2) is 9.13 Å². The Balaban J connectivity index is 1.10. The molecule has 0 aliphatic carbocycles. The molecule has 0 spiro atoms. The van der Waals surface area contributed by atoms with Crippen LogP contribution in [0.4, 0.5) is 0 Å². The molecule has 2 amide bonds. The first-order chi connectivity index (χ1) is 21.4. The number of carbonyl (C=O) groups is 2. The van der Waals surface area contributed by atoms with Crippen molar-refractivity contribution >= 4 is 11.8 Å². The van der Waals surface area contributed by atoms with E-state index < -0.39 is 0 Å². The number of amides is 2. The number of hydrogen-bond donors (Lipinski definition) is 0. The van der Waals surface area contributed by atoms with Gasteiger partial charge in [0.2, 0.25) is 11.8 Å². The molecule has 230 valence electrons. The van der Waals surface area contributed by atoms with Crippen LogP contribution in [-0.2, 0) is 22.7 Å². The van der Waals surface area contributed by atoms with Crippen LogP contribution in [0.15, 0.2) is 97.6 Å². The van der Waals surface area contributed by atoms with Gasteiger partial charge >= 0.3 is 0 Å². The van der Waals surface area contributed by atoms with Gasteiger partial charge < -0.3 is 19.3 Å². The maximum absolute atomic E-state index is 12.6. The van der Waals surface area contributed by atoms with Crippen LogP contribution >= 0.6 is 0 Å². The number of benzene rings is 2. The molecule has 0 bridgehead atoms. The molecule has 4 aromatic rings. The number of pyridine rings is 2. The topological polar surface area (TPSA) is 66.8 Å². The Morgan fingerprint density at radius 3 is 1.18 bits per heavy atom. The predicted octanol–water partition coefficient (Wildman–Crippen LogP) is 4.79. The monoisotopic (exact) mass is 596 g/mol. The highest BCUT2D eigenvalue weighted by Crippen LogP contribution is 2.22. The van der Waals surface area contributed by atoms with E-state index in [-0.39, 0.29) is 11.8 Å². The van der Waals surface area contributed by atoms with Crippen molar-refractivity contribution < 1.29 is 28.2 Å². The van der Waals surface area contributed by atoms with Gasteiger partial charge in [0.25, 0.3) is 0 Å². The van der Waals surface area contributed by atoms with Gasteiger partial charge in [-0.1, -0.05) is 24.3 Å². The number of carbonyl (C=O) groups excluding carboxylic acids is 2. The van der Waals surface area contributed by atoms with E-state index in [0.717, 1.165) is 46.8 Å². The minimum Gasteiger partial charge on any atom is -0.497 e. The van der Waals surface area contributed by atoms with Crippen molar-refractivity contribution in [1.82, 2.24) is 9.80 Å². The van der Waals surface area contributed by atoms with Crippen molar-refractivity contribution in [3.05, 3.63) is 97.6 Å². The summed E-state index contributed by atoms with van der Waals surface area (Å²) >= 11 is 0. The van der Waals surface area contributed by atoms with Crippen molar-refractivity contribution in [2.24, 2.45) is 0 Å². The molecule has 0 fully saturated rings. The summed E-state index contributed by atoms with van der Waals surface area (Å²) in [5, 5.41) is 0. The van der Waals surface area contributed by atoms with E-state index in [4.69, 9.17) is 9.47 Å². The fourth-order valence-electron chi connectivity index (χ4n) is 4.88. The highest BCUT2D eigenvalue weighted by Gasteiger charge is 2.14. The second-order valence-corrected chi connectivity index (χ2v) is 10.9. The van der Waals surface area contributed by atoms with Crippen LogP contribution in [0.5, 0.6) is 11.5 Å². The lowest BCUT2D eigenvalue weighted by Crippen LogP contribution is -2.41. The molecule has 0 N–H and O–H groups in total. The molecule has 0 aliphatic rings. The third-order valence-corrected chi connectivity index (χ3v) is 7.90. The summed E-state index contributed by atoms with van der Waals surface area (Å²) in [5.41, 5.74) is 4.52. The van der Waals surface area contributed by atoms with E-state index in [1.807, 2.05) is 87.4 Å². The highest BCUT2D eigenvalue weighted by atomic mass is 16.5. The molecule has 4 rings (SSSR count). The Hall–Kier alpha value is -4.72. The van der Waals surface area contributed by atoms with E-state index in [2.05, 4.69) is 33.4 Å². The molecule has 0 unspecified atom stereocenters. The first-order valence-corrected chi connectivity index (χ1v) is 15.1. The number of aromatic nitrogens is 2. The largest absolute Gasteiger partial charge is 0.497 e. The van der Waals surface area contributed by atoms with Crippen LogP contribution < -0.4 is 18.6 Å². The van der Waals surface area contributed by atoms with E-state index in [0.29, 0.717) is 38.8 Å². The smallest absolute Gasteiger partial charge is 0.222 e. The molecule has 8 nitrogen and oxygen atoms in total. The number of rotatable bonds is 15. The van der Waals surface area contributed by atoms with Crippen molar-refractivity contribution in [3.63, 3.8) is 0 Å². The molecular formula is C36H44N4O4+2. The van der Waals surface area contributed by atoms with Crippen LogP contribution in [0.3, 0.4) is 0 Å². The molecule has 8 heteroatoms. The first-order valence-electron chi connectivity index (χ1n) is 15.1. The van der Waals surface area contributed by atoms with Crippen LogP contribution in [-0.4, -0.2) is 63.0 Å². The first kappa shape index (κ1) is 32.2. The Labute approximate surface area is 261 Å². The Morgan fingerprint density at radius 2 is 0.864 bits per heavy atom. The molecule has 2 heterocycles. The van der Waals surface area contributed by atoms with Gasteiger partial charge in [0, 0.05) is 51.2 Å². The minimum atomic E-state index is 0.107. The van der Waals surface area contributed by atoms with Crippen molar-refractivity contribution in [1.29, 1.82) is 0 Å². The van der Waals surface area contributed by atoms with E-state index in [1.165, 1.54) is 0 Å². The molecule has 2 aromatic heterocycles. The van der Waals surface area contributed by atoms with Gasteiger partial charge in [-0.2, -0.15) is 0 Å². The molecular weight excluding hydrogens is 552 g/mol. The summed E-state index contributed by atoms with van der Waals surface area (Å²) in [7, 11) is 7.01. The highest BCUT2D eigenvalue weighted by molar-refractivity contribution is 5.77. The van der Waals surface area contributed by atoms with E-state index >= 15 is 0 Å². The fourth-order valence-corrected chi connectivity index (χ4v) is 4.88. The second kappa shape index (κ2) is 16.2. The van der Waals surface area contributed by atoms with Crippen molar-refractivity contribution in [2.75, 3.05) is 41.4 Å². The minimum absolute atomic E-state index is 0.107. The summed E-state index contributed by atoms with van der Waals surface area (Å²) in [6, 6.07) is 24.3. The Morgan fingerprint density at radius 1 is 0.545 bits per heavy atom. The second-order valence-electron chi connectivity index (χ2n) is 10.9. The molecule has 0 atom stereocenters.